The van der Waals surface area contributed by atoms with E-state index in [0.717, 1.165) is 6.07 Å². The number of hydrogen-bond acceptors (Lipinski definition) is 5. The normalized spacial score (nSPS) is 12.1. The van der Waals surface area contributed by atoms with E-state index in [1.165, 1.54) is 12.1 Å². The van der Waals surface area contributed by atoms with Crippen molar-refractivity contribution < 1.29 is 22.7 Å². The first kappa shape index (κ1) is 22.4. The molecule has 1 rings (SSSR count). The molecule has 0 bridgehead atoms. The van der Waals surface area contributed by atoms with Crippen LogP contribution in [0.25, 0.3) is 0 Å². The van der Waals surface area contributed by atoms with Crippen LogP contribution in [-0.4, -0.2) is 39.0 Å². The zero-order valence-corrected chi connectivity index (χ0v) is 17.1. The number of benzene rings is 1. The number of rotatable bonds is 7. The van der Waals surface area contributed by atoms with Crippen LogP contribution in [0.2, 0.25) is 5.02 Å². The maximum absolute atomic E-state index is 12.4. The Morgan fingerprint density at radius 3 is 2.38 bits per heavy atom. The molecule has 0 aliphatic heterocycles. The van der Waals surface area contributed by atoms with Crippen molar-refractivity contribution in [2.75, 3.05) is 13.2 Å². The molecule has 0 atom stereocenters. The molecule has 0 aliphatic rings. The zero-order chi connectivity index (χ0) is 20.1. The van der Waals surface area contributed by atoms with Crippen LogP contribution in [-0.2, 0) is 19.6 Å². The van der Waals surface area contributed by atoms with Gasteiger partial charge in [-0.2, -0.15) is 0 Å². The summed E-state index contributed by atoms with van der Waals surface area (Å²) in [7, 11) is -3.92. The Balaban J connectivity index is 2.89. The highest BCUT2D eigenvalue weighted by Crippen LogP contribution is 2.24. The molecule has 146 valence electrons. The Bertz CT molecular complexity index is 770. The standard InChI is InChI=1S/C17H25ClN2O5S/c1-11(2)9-19-15(21)10-25-16(22)12-6-7-13(18)14(8-12)26(23,24)20-17(3,4)5/h6-8,11,20H,9-10H2,1-5H3,(H,19,21). The van der Waals surface area contributed by atoms with E-state index in [2.05, 4.69) is 10.0 Å². The highest BCUT2D eigenvalue weighted by atomic mass is 35.5. The van der Waals surface area contributed by atoms with Gasteiger partial charge in [-0.15, -0.1) is 0 Å². The van der Waals surface area contributed by atoms with E-state index in [0.29, 0.717) is 6.54 Å². The minimum Gasteiger partial charge on any atom is -0.452 e. The Morgan fingerprint density at radius 2 is 1.85 bits per heavy atom. The minimum atomic E-state index is -3.92. The summed E-state index contributed by atoms with van der Waals surface area (Å²) in [5, 5.41) is 2.60. The molecule has 0 heterocycles. The molecule has 26 heavy (non-hydrogen) atoms. The van der Waals surface area contributed by atoms with Crippen LogP contribution in [0.5, 0.6) is 0 Å². The maximum atomic E-state index is 12.4. The third-order valence-electron chi connectivity index (χ3n) is 2.94. The summed E-state index contributed by atoms with van der Waals surface area (Å²) in [6.45, 7) is 8.96. The number of hydrogen-bond donors (Lipinski definition) is 2. The monoisotopic (exact) mass is 404 g/mol. The molecule has 0 spiro atoms. The molecule has 7 nitrogen and oxygen atoms in total. The fourth-order valence-electron chi connectivity index (χ4n) is 1.88. The number of ether oxygens (including phenoxy) is 1. The van der Waals surface area contributed by atoms with Crippen molar-refractivity contribution in [3.63, 3.8) is 0 Å². The summed E-state index contributed by atoms with van der Waals surface area (Å²) in [4.78, 5) is 23.5. The number of sulfonamides is 1. The lowest BCUT2D eigenvalue weighted by Crippen LogP contribution is -2.40. The summed E-state index contributed by atoms with van der Waals surface area (Å²) in [5.41, 5.74) is -0.729. The molecule has 0 saturated carbocycles. The van der Waals surface area contributed by atoms with Crippen molar-refractivity contribution >= 4 is 33.5 Å². The number of carbonyl (C=O) groups excluding carboxylic acids is 2. The van der Waals surface area contributed by atoms with E-state index in [4.69, 9.17) is 16.3 Å². The van der Waals surface area contributed by atoms with Gasteiger partial charge >= 0.3 is 5.97 Å². The quantitative estimate of drug-likeness (QED) is 0.679. The number of nitrogens with one attached hydrogen (secondary N) is 2. The second kappa shape index (κ2) is 8.83. The Kier molecular flexibility index (Phi) is 7.61. The first-order valence-corrected chi connectivity index (χ1v) is 9.95. The number of carbonyl (C=O) groups is 2. The van der Waals surface area contributed by atoms with E-state index in [1.807, 2.05) is 13.8 Å². The first-order valence-electron chi connectivity index (χ1n) is 8.09. The third kappa shape index (κ3) is 7.31. The topological polar surface area (TPSA) is 102 Å². The van der Waals surface area contributed by atoms with Crippen molar-refractivity contribution in [1.29, 1.82) is 0 Å². The maximum Gasteiger partial charge on any atom is 0.338 e. The van der Waals surface area contributed by atoms with E-state index < -0.39 is 34.0 Å². The van der Waals surface area contributed by atoms with Crippen LogP contribution in [0, 0.1) is 5.92 Å². The molecular formula is C17H25ClN2O5S. The van der Waals surface area contributed by atoms with Gasteiger partial charge in [0.2, 0.25) is 10.0 Å². The van der Waals surface area contributed by atoms with Crippen molar-refractivity contribution in [2.45, 2.75) is 45.1 Å². The van der Waals surface area contributed by atoms with Gasteiger partial charge in [-0.1, -0.05) is 25.4 Å². The summed E-state index contributed by atoms with van der Waals surface area (Å²) in [6.07, 6.45) is 0. The van der Waals surface area contributed by atoms with Gasteiger partial charge in [-0.25, -0.2) is 17.9 Å². The number of amides is 1. The van der Waals surface area contributed by atoms with Crippen LogP contribution in [0.15, 0.2) is 23.1 Å². The Labute approximate surface area is 159 Å². The molecule has 0 aliphatic carbocycles. The molecule has 0 aromatic heterocycles. The smallest absolute Gasteiger partial charge is 0.338 e. The molecular weight excluding hydrogens is 380 g/mol. The summed E-state index contributed by atoms with van der Waals surface area (Å²) < 4.78 is 32.3. The van der Waals surface area contributed by atoms with E-state index >= 15 is 0 Å². The van der Waals surface area contributed by atoms with Gasteiger partial charge in [0.25, 0.3) is 5.91 Å². The van der Waals surface area contributed by atoms with E-state index in [-0.39, 0.29) is 21.4 Å². The SMILES string of the molecule is CC(C)CNC(=O)COC(=O)c1ccc(Cl)c(S(=O)(=O)NC(C)(C)C)c1. The minimum absolute atomic E-state index is 0.0136. The van der Waals surface area contributed by atoms with Gasteiger partial charge in [-0.05, 0) is 44.9 Å². The molecule has 0 saturated heterocycles. The molecule has 1 amide bonds. The predicted octanol–water partition coefficient (Wildman–Crippen LogP) is 2.35. The second-order valence-electron chi connectivity index (χ2n) is 7.27. The first-order chi connectivity index (χ1) is 11.8. The average Bonchev–Trinajstić information content (AvgIpc) is 2.48. The van der Waals surface area contributed by atoms with Crippen LogP contribution in [0.1, 0.15) is 45.0 Å². The number of halogens is 1. The molecule has 1 aromatic rings. The molecule has 0 unspecified atom stereocenters. The number of esters is 1. The van der Waals surface area contributed by atoms with Crippen molar-refractivity contribution in [1.82, 2.24) is 10.0 Å². The predicted molar refractivity (Wildman–Crippen MR) is 99.7 cm³/mol. The molecule has 0 fully saturated rings. The zero-order valence-electron chi connectivity index (χ0n) is 15.6. The van der Waals surface area contributed by atoms with Crippen LogP contribution < -0.4 is 10.0 Å². The second-order valence-corrected chi connectivity index (χ2v) is 9.33. The summed E-state index contributed by atoms with van der Waals surface area (Å²) >= 11 is 5.98. The lowest BCUT2D eigenvalue weighted by molar-refractivity contribution is -0.124. The van der Waals surface area contributed by atoms with Gasteiger partial charge in [0.05, 0.1) is 10.6 Å². The van der Waals surface area contributed by atoms with Gasteiger partial charge < -0.3 is 10.1 Å². The summed E-state index contributed by atoms with van der Waals surface area (Å²) in [6, 6.07) is 3.77. The lowest BCUT2D eigenvalue weighted by Gasteiger charge is -2.21. The van der Waals surface area contributed by atoms with Crippen molar-refractivity contribution in [3.05, 3.63) is 28.8 Å². The largest absolute Gasteiger partial charge is 0.452 e. The van der Waals surface area contributed by atoms with Gasteiger partial charge in [-0.3, -0.25) is 4.79 Å². The molecule has 0 radical (unpaired) electrons. The average molecular weight is 405 g/mol. The lowest BCUT2D eigenvalue weighted by atomic mass is 10.1. The fraction of sp³-hybridized carbons (Fsp3) is 0.529. The van der Waals surface area contributed by atoms with Gasteiger partial charge in [0, 0.05) is 12.1 Å². The van der Waals surface area contributed by atoms with Crippen LogP contribution in [0.4, 0.5) is 0 Å². The Morgan fingerprint density at radius 1 is 1.23 bits per heavy atom. The van der Waals surface area contributed by atoms with Gasteiger partial charge in [0.1, 0.15) is 4.90 Å². The highest BCUT2D eigenvalue weighted by molar-refractivity contribution is 7.89. The summed E-state index contributed by atoms with van der Waals surface area (Å²) in [5.74, 6) is -0.967. The highest BCUT2D eigenvalue weighted by Gasteiger charge is 2.25. The van der Waals surface area contributed by atoms with Crippen LogP contribution in [0.3, 0.4) is 0 Å². The van der Waals surface area contributed by atoms with Crippen molar-refractivity contribution in [2.24, 2.45) is 5.92 Å². The molecule has 2 N–H and O–H groups in total. The van der Waals surface area contributed by atoms with Crippen LogP contribution >= 0.6 is 11.6 Å². The molecule has 1 aromatic carbocycles. The van der Waals surface area contributed by atoms with E-state index in [9.17, 15) is 18.0 Å². The van der Waals surface area contributed by atoms with Gasteiger partial charge in [0.15, 0.2) is 6.61 Å². The van der Waals surface area contributed by atoms with E-state index in [1.54, 1.807) is 20.8 Å². The fourth-order valence-corrected chi connectivity index (χ4v) is 3.82. The third-order valence-corrected chi connectivity index (χ3v) is 5.18. The molecule has 9 heteroatoms. The van der Waals surface area contributed by atoms with Crippen molar-refractivity contribution in [3.8, 4) is 0 Å². The Hall–Kier alpha value is -1.64.